The molecule has 0 N–H and O–H groups in total. The lowest BCUT2D eigenvalue weighted by molar-refractivity contribution is 0.482. The fourth-order valence-corrected chi connectivity index (χ4v) is 2.22. The first-order valence-corrected chi connectivity index (χ1v) is 7.48. The SMILES string of the molecule is CCCCCc1ccc(Oc2ccc(C#N)c(C#N)c2)cc1. The largest absolute Gasteiger partial charge is 0.457 e. The van der Waals surface area contributed by atoms with Gasteiger partial charge in [-0.2, -0.15) is 10.5 Å². The molecule has 0 aliphatic rings. The number of unbranched alkanes of at least 4 members (excludes halogenated alkanes) is 2. The van der Waals surface area contributed by atoms with Crippen molar-refractivity contribution < 1.29 is 4.74 Å². The molecule has 0 atom stereocenters. The molecule has 0 radical (unpaired) electrons. The van der Waals surface area contributed by atoms with Crippen molar-refractivity contribution in [2.24, 2.45) is 0 Å². The van der Waals surface area contributed by atoms with Crippen molar-refractivity contribution in [3.63, 3.8) is 0 Å². The molecule has 0 aromatic heterocycles. The fraction of sp³-hybridized carbons (Fsp3) is 0.263. The van der Waals surface area contributed by atoms with Crippen LogP contribution in [0.25, 0.3) is 0 Å². The van der Waals surface area contributed by atoms with Gasteiger partial charge in [-0.3, -0.25) is 0 Å². The molecule has 2 aromatic carbocycles. The zero-order chi connectivity index (χ0) is 15.8. The van der Waals surface area contributed by atoms with Crippen LogP contribution in [0.4, 0.5) is 0 Å². The molecule has 0 aliphatic carbocycles. The molecule has 2 aromatic rings. The minimum atomic E-state index is 0.330. The van der Waals surface area contributed by atoms with Crippen LogP contribution >= 0.6 is 0 Å². The van der Waals surface area contributed by atoms with Crippen molar-refractivity contribution >= 4 is 0 Å². The summed E-state index contributed by atoms with van der Waals surface area (Å²) in [5, 5.41) is 17.9. The summed E-state index contributed by atoms with van der Waals surface area (Å²) in [4.78, 5) is 0. The van der Waals surface area contributed by atoms with Gasteiger partial charge in [-0.1, -0.05) is 31.9 Å². The zero-order valence-corrected chi connectivity index (χ0v) is 12.7. The number of hydrogen-bond acceptors (Lipinski definition) is 3. The molecule has 0 amide bonds. The highest BCUT2D eigenvalue weighted by Crippen LogP contribution is 2.24. The van der Waals surface area contributed by atoms with Crippen LogP contribution in [0.3, 0.4) is 0 Å². The molecular formula is C19H18N2O. The molecule has 0 aliphatic heterocycles. The van der Waals surface area contributed by atoms with Crippen molar-refractivity contribution in [2.45, 2.75) is 32.6 Å². The summed E-state index contributed by atoms with van der Waals surface area (Å²) in [6, 6.07) is 16.9. The Morgan fingerprint density at radius 2 is 1.55 bits per heavy atom. The first-order chi connectivity index (χ1) is 10.8. The van der Waals surface area contributed by atoms with Gasteiger partial charge in [0, 0.05) is 0 Å². The Labute approximate surface area is 131 Å². The second-order valence-corrected chi connectivity index (χ2v) is 5.13. The highest BCUT2D eigenvalue weighted by Gasteiger charge is 2.04. The van der Waals surface area contributed by atoms with Gasteiger partial charge < -0.3 is 4.74 Å². The van der Waals surface area contributed by atoms with E-state index < -0.39 is 0 Å². The lowest BCUT2D eigenvalue weighted by atomic mass is 10.1. The van der Waals surface area contributed by atoms with E-state index >= 15 is 0 Å². The predicted molar refractivity (Wildman–Crippen MR) is 85.6 cm³/mol. The number of ether oxygens (including phenoxy) is 1. The highest BCUT2D eigenvalue weighted by atomic mass is 16.5. The van der Waals surface area contributed by atoms with E-state index in [1.54, 1.807) is 18.2 Å². The van der Waals surface area contributed by atoms with Crippen LogP contribution in [0, 0.1) is 22.7 Å². The van der Waals surface area contributed by atoms with Crippen molar-refractivity contribution in [3.05, 3.63) is 59.2 Å². The van der Waals surface area contributed by atoms with Gasteiger partial charge in [0.2, 0.25) is 0 Å². The number of rotatable bonds is 6. The van der Waals surface area contributed by atoms with E-state index in [1.165, 1.54) is 24.8 Å². The van der Waals surface area contributed by atoms with Crippen molar-refractivity contribution in [1.29, 1.82) is 10.5 Å². The van der Waals surface area contributed by atoms with Crippen LogP contribution in [-0.4, -0.2) is 0 Å². The Morgan fingerprint density at radius 3 is 2.18 bits per heavy atom. The van der Waals surface area contributed by atoms with Gasteiger partial charge in [0.05, 0.1) is 11.1 Å². The molecule has 0 heterocycles. The minimum Gasteiger partial charge on any atom is -0.457 e. The van der Waals surface area contributed by atoms with Gasteiger partial charge >= 0.3 is 0 Å². The third-order valence-corrected chi connectivity index (χ3v) is 3.46. The summed E-state index contributed by atoms with van der Waals surface area (Å²) in [5.41, 5.74) is 2.00. The topological polar surface area (TPSA) is 56.8 Å². The van der Waals surface area contributed by atoms with Crippen LogP contribution in [-0.2, 0) is 6.42 Å². The Morgan fingerprint density at radius 1 is 0.864 bits per heavy atom. The van der Waals surface area contributed by atoms with Crippen LogP contribution < -0.4 is 4.74 Å². The lowest BCUT2D eigenvalue weighted by Gasteiger charge is -2.07. The van der Waals surface area contributed by atoms with E-state index in [0.717, 1.165) is 12.2 Å². The molecular weight excluding hydrogens is 272 g/mol. The van der Waals surface area contributed by atoms with Crippen LogP contribution in [0.15, 0.2) is 42.5 Å². The standard InChI is InChI=1S/C19H18N2O/c1-2-3-4-5-15-6-9-18(10-7-15)22-19-11-8-16(13-20)17(12-19)14-21/h6-12H,2-5H2,1H3. The zero-order valence-electron chi connectivity index (χ0n) is 12.7. The Balaban J connectivity index is 2.05. The summed E-state index contributed by atoms with van der Waals surface area (Å²) in [6.07, 6.45) is 4.77. The predicted octanol–water partition coefficient (Wildman–Crippen LogP) is 4.95. The quantitative estimate of drug-likeness (QED) is 0.707. The number of nitriles is 2. The fourth-order valence-electron chi connectivity index (χ4n) is 2.22. The van der Waals surface area contributed by atoms with Gasteiger partial charge in [0.1, 0.15) is 23.6 Å². The minimum absolute atomic E-state index is 0.330. The monoisotopic (exact) mass is 290 g/mol. The number of aryl methyl sites for hydroxylation is 1. The number of hydrogen-bond donors (Lipinski definition) is 0. The maximum atomic E-state index is 9.02. The van der Waals surface area contributed by atoms with Gasteiger partial charge in [0.15, 0.2) is 0 Å². The van der Waals surface area contributed by atoms with E-state index in [2.05, 4.69) is 19.1 Å². The normalized spacial score (nSPS) is 9.77. The molecule has 0 bridgehead atoms. The molecule has 2 rings (SSSR count). The van der Waals surface area contributed by atoms with Crippen molar-refractivity contribution in [3.8, 4) is 23.6 Å². The summed E-state index contributed by atoms with van der Waals surface area (Å²) in [5.74, 6) is 1.29. The smallest absolute Gasteiger partial charge is 0.128 e. The molecule has 3 heteroatoms. The van der Waals surface area contributed by atoms with Crippen LogP contribution in [0.5, 0.6) is 11.5 Å². The maximum absolute atomic E-state index is 9.02. The summed E-state index contributed by atoms with van der Waals surface area (Å²) >= 11 is 0. The van der Waals surface area contributed by atoms with Gasteiger partial charge in [-0.15, -0.1) is 0 Å². The third-order valence-electron chi connectivity index (χ3n) is 3.46. The van der Waals surface area contributed by atoms with Gasteiger partial charge in [0.25, 0.3) is 0 Å². The summed E-state index contributed by atoms with van der Waals surface area (Å²) in [7, 11) is 0. The lowest BCUT2D eigenvalue weighted by Crippen LogP contribution is -1.89. The second kappa shape index (κ2) is 7.86. The first kappa shape index (κ1) is 15.6. The molecule has 22 heavy (non-hydrogen) atoms. The molecule has 0 saturated heterocycles. The Kier molecular flexibility index (Phi) is 5.57. The Hall–Kier alpha value is -2.78. The average Bonchev–Trinajstić information content (AvgIpc) is 2.56. The molecule has 0 spiro atoms. The summed E-state index contributed by atoms with van der Waals surface area (Å²) in [6.45, 7) is 2.20. The molecule has 0 saturated carbocycles. The van der Waals surface area contributed by atoms with Crippen molar-refractivity contribution in [2.75, 3.05) is 0 Å². The highest BCUT2D eigenvalue weighted by molar-refractivity contribution is 5.50. The summed E-state index contributed by atoms with van der Waals surface area (Å²) < 4.78 is 5.74. The molecule has 110 valence electrons. The Bertz CT molecular complexity index is 706. The van der Waals surface area contributed by atoms with Gasteiger partial charge in [-0.25, -0.2) is 0 Å². The first-order valence-electron chi connectivity index (χ1n) is 7.48. The van der Waals surface area contributed by atoms with E-state index in [4.69, 9.17) is 15.3 Å². The van der Waals surface area contributed by atoms with E-state index in [0.29, 0.717) is 16.9 Å². The van der Waals surface area contributed by atoms with Gasteiger partial charge in [-0.05, 0) is 48.7 Å². The molecule has 0 unspecified atom stereocenters. The van der Waals surface area contributed by atoms with E-state index in [1.807, 2.05) is 24.3 Å². The maximum Gasteiger partial charge on any atom is 0.128 e. The molecule has 0 fully saturated rings. The van der Waals surface area contributed by atoms with Crippen molar-refractivity contribution in [1.82, 2.24) is 0 Å². The number of nitrogens with zero attached hydrogens (tertiary/aromatic N) is 2. The third kappa shape index (κ3) is 4.11. The average molecular weight is 290 g/mol. The number of benzene rings is 2. The van der Waals surface area contributed by atoms with E-state index in [9.17, 15) is 0 Å². The van der Waals surface area contributed by atoms with E-state index in [-0.39, 0.29) is 0 Å². The van der Waals surface area contributed by atoms with Crippen LogP contribution in [0.2, 0.25) is 0 Å². The molecule has 3 nitrogen and oxygen atoms in total. The van der Waals surface area contributed by atoms with Crippen LogP contribution in [0.1, 0.15) is 42.9 Å². The second-order valence-electron chi connectivity index (χ2n) is 5.13.